The second-order valence-corrected chi connectivity index (χ2v) is 4.41. The predicted molar refractivity (Wildman–Crippen MR) is 76.2 cm³/mol. The van der Waals surface area contributed by atoms with Gasteiger partial charge in [0.25, 0.3) is 0 Å². The van der Waals surface area contributed by atoms with Gasteiger partial charge in [0.05, 0.1) is 0 Å². The molecule has 94 valence electrons. The monoisotopic (exact) mass is 241 g/mol. The summed E-state index contributed by atoms with van der Waals surface area (Å²) in [6.45, 7) is 2.91. The van der Waals surface area contributed by atoms with E-state index in [1.807, 2.05) is 26.4 Å². The van der Waals surface area contributed by atoms with Crippen molar-refractivity contribution in [3.63, 3.8) is 0 Å². The van der Waals surface area contributed by atoms with Gasteiger partial charge in [-0.25, -0.2) is 4.98 Å². The minimum atomic E-state index is 0.819. The maximum atomic E-state index is 4.48. The Kier molecular flexibility index (Phi) is 3.95. The Hall–Kier alpha value is -1.87. The summed E-state index contributed by atoms with van der Waals surface area (Å²) in [6.07, 6.45) is 1.83. The minimum Gasteiger partial charge on any atom is -0.329 e. The van der Waals surface area contributed by atoms with Crippen molar-refractivity contribution in [3.05, 3.63) is 53.7 Å². The zero-order valence-corrected chi connectivity index (χ0v) is 11.1. The van der Waals surface area contributed by atoms with E-state index in [9.17, 15) is 0 Å². The number of aromatic nitrogens is 1. The van der Waals surface area contributed by atoms with Crippen molar-refractivity contribution >= 4 is 11.5 Å². The Morgan fingerprint density at radius 1 is 1.17 bits per heavy atom. The van der Waals surface area contributed by atoms with E-state index in [0.717, 1.165) is 18.1 Å². The highest BCUT2D eigenvalue weighted by atomic mass is 15.2. The van der Waals surface area contributed by atoms with Crippen molar-refractivity contribution in [2.24, 2.45) is 0 Å². The number of hydrogen-bond acceptors (Lipinski definition) is 3. The number of hydrogen-bond donors (Lipinski definition) is 1. The lowest BCUT2D eigenvalue weighted by Crippen LogP contribution is -2.16. The molecule has 0 aliphatic carbocycles. The number of rotatable bonds is 4. The summed E-state index contributed by atoms with van der Waals surface area (Å²) in [7, 11) is 3.99. The Balaban J connectivity index is 2.33. The minimum absolute atomic E-state index is 0.819. The van der Waals surface area contributed by atoms with E-state index in [4.69, 9.17) is 0 Å². The molecule has 0 atom stereocenters. The molecule has 3 nitrogen and oxygen atoms in total. The smallest absolute Gasteiger partial charge is 0.137 e. The van der Waals surface area contributed by atoms with Crippen LogP contribution in [0.25, 0.3) is 0 Å². The molecular formula is C15H19N3. The van der Waals surface area contributed by atoms with Gasteiger partial charge in [-0.1, -0.05) is 23.8 Å². The Morgan fingerprint density at radius 2 is 1.89 bits per heavy atom. The standard InChI is InChI=1S/C15H19N3/c1-12-6-8-14(9-7-12)18(3)15-13(11-16-2)5-4-10-17-15/h4-10,16H,11H2,1-3H3. The molecule has 0 saturated carbocycles. The number of nitrogens with zero attached hydrogens (tertiary/aromatic N) is 2. The van der Waals surface area contributed by atoms with Crippen molar-refractivity contribution in [1.29, 1.82) is 0 Å². The van der Waals surface area contributed by atoms with Crippen LogP contribution in [0.4, 0.5) is 11.5 Å². The molecule has 0 radical (unpaired) electrons. The summed E-state index contributed by atoms with van der Waals surface area (Å²) in [5.41, 5.74) is 3.61. The first-order chi connectivity index (χ1) is 8.72. The molecule has 0 saturated heterocycles. The molecule has 3 heteroatoms. The van der Waals surface area contributed by atoms with Crippen LogP contribution in [0.3, 0.4) is 0 Å². The number of nitrogens with one attached hydrogen (secondary N) is 1. The van der Waals surface area contributed by atoms with Crippen LogP contribution in [0, 0.1) is 6.92 Å². The highest BCUT2D eigenvalue weighted by Gasteiger charge is 2.09. The zero-order valence-electron chi connectivity index (χ0n) is 11.1. The van der Waals surface area contributed by atoms with Crippen LogP contribution in [0.15, 0.2) is 42.6 Å². The fourth-order valence-corrected chi connectivity index (χ4v) is 1.95. The Bertz CT molecular complexity index is 505. The van der Waals surface area contributed by atoms with Gasteiger partial charge >= 0.3 is 0 Å². The molecular weight excluding hydrogens is 222 g/mol. The van der Waals surface area contributed by atoms with Crippen LogP contribution in [0.5, 0.6) is 0 Å². The van der Waals surface area contributed by atoms with E-state index in [0.29, 0.717) is 0 Å². The van der Waals surface area contributed by atoms with Crippen molar-refractivity contribution in [3.8, 4) is 0 Å². The van der Waals surface area contributed by atoms with Gasteiger partial charge in [0, 0.05) is 31.0 Å². The number of anilines is 2. The number of benzene rings is 1. The molecule has 18 heavy (non-hydrogen) atoms. The number of pyridine rings is 1. The van der Waals surface area contributed by atoms with E-state index >= 15 is 0 Å². The van der Waals surface area contributed by atoms with E-state index in [2.05, 4.69) is 52.5 Å². The second-order valence-electron chi connectivity index (χ2n) is 4.41. The third-order valence-corrected chi connectivity index (χ3v) is 2.97. The molecule has 1 aromatic carbocycles. The number of aryl methyl sites for hydroxylation is 1. The van der Waals surface area contributed by atoms with Gasteiger partial charge in [-0.15, -0.1) is 0 Å². The molecule has 2 aromatic rings. The normalized spacial score (nSPS) is 10.4. The average molecular weight is 241 g/mol. The maximum Gasteiger partial charge on any atom is 0.137 e. The summed E-state index contributed by atoms with van der Waals surface area (Å²) in [4.78, 5) is 6.60. The maximum absolute atomic E-state index is 4.48. The molecule has 0 amide bonds. The van der Waals surface area contributed by atoms with Gasteiger partial charge in [0.15, 0.2) is 0 Å². The van der Waals surface area contributed by atoms with Gasteiger partial charge in [0.2, 0.25) is 0 Å². The molecule has 2 rings (SSSR count). The third kappa shape index (κ3) is 2.68. The lowest BCUT2D eigenvalue weighted by molar-refractivity contribution is 0.810. The Labute approximate surface area is 108 Å². The summed E-state index contributed by atoms with van der Waals surface area (Å²) < 4.78 is 0. The lowest BCUT2D eigenvalue weighted by Gasteiger charge is -2.21. The molecule has 1 N–H and O–H groups in total. The SMILES string of the molecule is CNCc1cccnc1N(C)c1ccc(C)cc1. The summed E-state index contributed by atoms with van der Waals surface area (Å²) >= 11 is 0. The van der Waals surface area contributed by atoms with Crippen molar-refractivity contribution in [2.75, 3.05) is 19.0 Å². The van der Waals surface area contributed by atoms with Gasteiger partial charge in [0.1, 0.15) is 5.82 Å². The molecule has 1 heterocycles. The first-order valence-electron chi connectivity index (χ1n) is 6.11. The van der Waals surface area contributed by atoms with Crippen LogP contribution in [-0.4, -0.2) is 19.1 Å². The van der Waals surface area contributed by atoms with Crippen LogP contribution in [0.2, 0.25) is 0 Å². The molecule has 0 aliphatic heterocycles. The summed E-state index contributed by atoms with van der Waals surface area (Å²) in [5.74, 6) is 0.996. The van der Waals surface area contributed by atoms with Crippen LogP contribution < -0.4 is 10.2 Å². The van der Waals surface area contributed by atoms with Gasteiger partial charge in [-0.2, -0.15) is 0 Å². The zero-order chi connectivity index (χ0) is 13.0. The molecule has 0 unspecified atom stereocenters. The summed E-state index contributed by atoms with van der Waals surface area (Å²) in [5, 5.41) is 3.17. The van der Waals surface area contributed by atoms with E-state index in [1.54, 1.807) is 0 Å². The highest BCUT2D eigenvalue weighted by Crippen LogP contribution is 2.24. The highest BCUT2D eigenvalue weighted by molar-refractivity contribution is 5.62. The van der Waals surface area contributed by atoms with Gasteiger partial charge < -0.3 is 10.2 Å². The first kappa shape index (κ1) is 12.6. The van der Waals surface area contributed by atoms with Crippen molar-refractivity contribution in [2.45, 2.75) is 13.5 Å². The fraction of sp³-hybridized carbons (Fsp3) is 0.267. The fourth-order valence-electron chi connectivity index (χ4n) is 1.95. The average Bonchev–Trinajstić information content (AvgIpc) is 2.40. The molecule has 0 aliphatic rings. The second kappa shape index (κ2) is 5.65. The summed E-state index contributed by atoms with van der Waals surface area (Å²) in [6, 6.07) is 12.5. The molecule has 1 aromatic heterocycles. The third-order valence-electron chi connectivity index (χ3n) is 2.97. The topological polar surface area (TPSA) is 28.2 Å². The quantitative estimate of drug-likeness (QED) is 0.892. The van der Waals surface area contributed by atoms with Crippen LogP contribution in [-0.2, 0) is 6.54 Å². The molecule has 0 spiro atoms. The first-order valence-corrected chi connectivity index (χ1v) is 6.11. The Morgan fingerprint density at radius 3 is 2.56 bits per heavy atom. The van der Waals surface area contributed by atoms with E-state index in [-0.39, 0.29) is 0 Å². The van der Waals surface area contributed by atoms with E-state index < -0.39 is 0 Å². The van der Waals surface area contributed by atoms with Crippen LogP contribution >= 0.6 is 0 Å². The van der Waals surface area contributed by atoms with Gasteiger partial charge in [-0.3, -0.25) is 0 Å². The van der Waals surface area contributed by atoms with Crippen molar-refractivity contribution in [1.82, 2.24) is 10.3 Å². The van der Waals surface area contributed by atoms with Crippen molar-refractivity contribution < 1.29 is 0 Å². The van der Waals surface area contributed by atoms with Crippen LogP contribution in [0.1, 0.15) is 11.1 Å². The molecule has 0 fully saturated rings. The molecule has 0 bridgehead atoms. The largest absolute Gasteiger partial charge is 0.329 e. The predicted octanol–water partition coefficient (Wildman–Crippen LogP) is 2.88. The van der Waals surface area contributed by atoms with E-state index in [1.165, 1.54) is 11.1 Å². The lowest BCUT2D eigenvalue weighted by atomic mass is 10.2. The van der Waals surface area contributed by atoms with Gasteiger partial charge in [-0.05, 0) is 32.2 Å².